The van der Waals surface area contributed by atoms with E-state index in [-0.39, 0.29) is 0 Å². The Bertz CT molecular complexity index is 492. The highest BCUT2D eigenvalue weighted by Gasteiger charge is 2.07. The zero-order chi connectivity index (χ0) is 9.97. The summed E-state index contributed by atoms with van der Waals surface area (Å²) in [6, 6.07) is 9.45. The summed E-state index contributed by atoms with van der Waals surface area (Å²) in [7, 11) is 0. The molecule has 0 aliphatic rings. The number of rotatable bonds is 1. The second-order valence-corrected chi connectivity index (χ2v) is 3.06. The van der Waals surface area contributed by atoms with Crippen molar-refractivity contribution in [1.82, 2.24) is 4.98 Å². The van der Waals surface area contributed by atoms with E-state index in [4.69, 9.17) is 12.2 Å². The Morgan fingerprint density at radius 1 is 1.29 bits per heavy atom. The van der Waals surface area contributed by atoms with Gasteiger partial charge in [-0.2, -0.15) is 0 Å². The molecule has 14 heavy (non-hydrogen) atoms. The van der Waals surface area contributed by atoms with Crippen LogP contribution in [0.15, 0.2) is 36.5 Å². The Kier molecular flexibility index (Phi) is 2.18. The minimum atomic E-state index is -0.430. The van der Waals surface area contributed by atoms with Gasteiger partial charge >= 0.3 is 0 Å². The number of nitrogens with zero attached hydrogens (tertiary/aromatic N) is 1. The van der Waals surface area contributed by atoms with Crippen LogP contribution in [0, 0.1) is 12.3 Å². The molecule has 1 aromatic heterocycles. The van der Waals surface area contributed by atoms with E-state index in [9.17, 15) is 0 Å². The van der Waals surface area contributed by atoms with E-state index in [2.05, 4.69) is 10.9 Å². The van der Waals surface area contributed by atoms with Crippen LogP contribution in [0.25, 0.3) is 10.8 Å². The maximum atomic E-state index is 5.76. The number of hydrogen-bond acceptors (Lipinski definition) is 2. The maximum absolute atomic E-state index is 5.76. The van der Waals surface area contributed by atoms with Crippen molar-refractivity contribution in [1.29, 1.82) is 0 Å². The van der Waals surface area contributed by atoms with Crippen LogP contribution < -0.4 is 5.73 Å². The van der Waals surface area contributed by atoms with Crippen LogP contribution >= 0.6 is 0 Å². The highest BCUT2D eigenvalue weighted by Crippen LogP contribution is 2.19. The fourth-order valence-corrected chi connectivity index (χ4v) is 1.47. The van der Waals surface area contributed by atoms with Crippen LogP contribution in [-0.4, -0.2) is 4.98 Å². The molecule has 0 bridgehead atoms. The largest absolute Gasteiger partial charge is 0.313 e. The third kappa shape index (κ3) is 1.34. The monoisotopic (exact) mass is 182 g/mol. The van der Waals surface area contributed by atoms with Gasteiger partial charge in [0.2, 0.25) is 0 Å². The fraction of sp³-hybridized carbons (Fsp3) is 0.0833. The molecule has 0 spiro atoms. The molecule has 0 saturated carbocycles. The predicted octanol–water partition coefficient (Wildman–Crippen LogP) is 1.87. The van der Waals surface area contributed by atoms with Crippen molar-refractivity contribution in [3.05, 3.63) is 42.2 Å². The third-order valence-corrected chi connectivity index (χ3v) is 2.18. The molecular formula is C12H10N2. The van der Waals surface area contributed by atoms with E-state index in [0.29, 0.717) is 0 Å². The molecule has 1 aromatic carbocycles. The molecule has 1 atom stereocenters. The number of hydrogen-bond donors (Lipinski definition) is 1. The van der Waals surface area contributed by atoms with Crippen LogP contribution in [0.1, 0.15) is 11.7 Å². The Morgan fingerprint density at radius 2 is 2.07 bits per heavy atom. The lowest BCUT2D eigenvalue weighted by molar-refractivity contribution is 0.905. The summed E-state index contributed by atoms with van der Waals surface area (Å²) in [4.78, 5) is 4.21. The number of terminal acetylenes is 1. The summed E-state index contributed by atoms with van der Waals surface area (Å²) in [6.45, 7) is 0. The molecule has 0 fully saturated rings. The normalized spacial score (nSPS) is 12.3. The molecule has 0 aliphatic heterocycles. The first-order chi connectivity index (χ1) is 6.83. The Labute approximate surface area is 82.8 Å². The molecule has 1 unspecified atom stereocenters. The third-order valence-electron chi connectivity index (χ3n) is 2.18. The van der Waals surface area contributed by atoms with Crippen molar-refractivity contribution < 1.29 is 0 Å². The van der Waals surface area contributed by atoms with E-state index in [1.807, 2.05) is 30.3 Å². The second kappa shape index (κ2) is 3.49. The van der Waals surface area contributed by atoms with Gasteiger partial charge in [0.1, 0.15) is 6.04 Å². The fourth-order valence-electron chi connectivity index (χ4n) is 1.47. The standard InChI is InChI=1S/C12H10N2/c1-2-11(13)12-10-6-4-3-5-9(10)7-8-14-12/h1,3-8,11H,13H2. The number of nitrogens with two attached hydrogens (primary N) is 1. The summed E-state index contributed by atoms with van der Waals surface area (Å²) in [5.41, 5.74) is 6.53. The van der Waals surface area contributed by atoms with E-state index in [0.717, 1.165) is 16.5 Å². The minimum Gasteiger partial charge on any atom is -0.313 e. The van der Waals surface area contributed by atoms with Crippen LogP contribution in [0.3, 0.4) is 0 Å². The van der Waals surface area contributed by atoms with E-state index in [1.165, 1.54) is 0 Å². The van der Waals surface area contributed by atoms with Gasteiger partial charge in [-0.15, -0.1) is 6.42 Å². The minimum absolute atomic E-state index is 0.430. The lowest BCUT2D eigenvalue weighted by Crippen LogP contribution is -2.09. The Morgan fingerprint density at radius 3 is 2.86 bits per heavy atom. The summed E-state index contributed by atoms with van der Waals surface area (Å²) < 4.78 is 0. The van der Waals surface area contributed by atoms with Crippen LogP contribution in [-0.2, 0) is 0 Å². The zero-order valence-electron chi connectivity index (χ0n) is 7.64. The smallest absolute Gasteiger partial charge is 0.110 e. The van der Waals surface area contributed by atoms with Gasteiger partial charge in [-0.3, -0.25) is 4.98 Å². The van der Waals surface area contributed by atoms with Gasteiger partial charge < -0.3 is 5.73 Å². The quantitative estimate of drug-likeness (QED) is 0.684. The summed E-state index contributed by atoms with van der Waals surface area (Å²) in [5, 5.41) is 2.14. The Balaban J connectivity index is 2.72. The van der Waals surface area contributed by atoms with Crippen LogP contribution in [0.2, 0.25) is 0 Å². The van der Waals surface area contributed by atoms with Crippen molar-refractivity contribution in [3.8, 4) is 12.3 Å². The van der Waals surface area contributed by atoms with E-state index in [1.54, 1.807) is 6.20 Å². The molecule has 2 aromatic rings. The van der Waals surface area contributed by atoms with Gasteiger partial charge in [0.05, 0.1) is 5.69 Å². The Hall–Kier alpha value is -1.85. The molecule has 2 nitrogen and oxygen atoms in total. The second-order valence-electron chi connectivity index (χ2n) is 3.06. The maximum Gasteiger partial charge on any atom is 0.110 e. The molecule has 0 amide bonds. The molecule has 2 N–H and O–H groups in total. The highest BCUT2D eigenvalue weighted by molar-refractivity contribution is 5.84. The van der Waals surface area contributed by atoms with Gasteiger partial charge in [0, 0.05) is 11.6 Å². The molecular weight excluding hydrogens is 172 g/mol. The summed E-state index contributed by atoms with van der Waals surface area (Å²) in [5.74, 6) is 2.49. The van der Waals surface area contributed by atoms with Crippen molar-refractivity contribution in [2.75, 3.05) is 0 Å². The lowest BCUT2D eigenvalue weighted by atomic mass is 10.1. The summed E-state index contributed by atoms with van der Waals surface area (Å²) >= 11 is 0. The molecule has 1 heterocycles. The van der Waals surface area contributed by atoms with Gasteiger partial charge in [-0.05, 0) is 11.5 Å². The molecule has 0 saturated heterocycles. The van der Waals surface area contributed by atoms with Crippen molar-refractivity contribution in [3.63, 3.8) is 0 Å². The predicted molar refractivity (Wildman–Crippen MR) is 57.5 cm³/mol. The lowest BCUT2D eigenvalue weighted by Gasteiger charge is -2.07. The molecule has 2 heteroatoms. The number of pyridine rings is 1. The number of aromatic nitrogens is 1. The summed E-state index contributed by atoms with van der Waals surface area (Å²) in [6.07, 6.45) is 7.01. The first-order valence-corrected chi connectivity index (χ1v) is 4.38. The zero-order valence-corrected chi connectivity index (χ0v) is 7.64. The van der Waals surface area contributed by atoms with Gasteiger partial charge in [-0.25, -0.2) is 0 Å². The molecule has 68 valence electrons. The van der Waals surface area contributed by atoms with Crippen molar-refractivity contribution in [2.45, 2.75) is 6.04 Å². The van der Waals surface area contributed by atoms with Gasteiger partial charge in [-0.1, -0.05) is 30.2 Å². The van der Waals surface area contributed by atoms with Gasteiger partial charge in [0.15, 0.2) is 0 Å². The van der Waals surface area contributed by atoms with Crippen LogP contribution in [0.4, 0.5) is 0 Å². The molecule has 0 radical (unpaired) electrons. The average molecular weight is 182 g/mol. The van der Waals surface area contributed by atoms with E-state index < -0.39 is 6.04 Å². The first kappa shape index (κ1) is 8.74. The number of benzene rings is 1. The van der Waals surface area contributed by atoms with Crippen molar-refractivity contribution >= 4 is 10.8 Å². The average Bonchev–Trinajstić information content (AvgIpc) is 2.27. The highest BCUT2D eigenvalue weighted by atomic mass is 14.8. The van der Waals surface area contributed by atoms with Crippen molar-refractivity contribution in [2.24, 2.45) is 5.73 Å². The van der Waals surface area contributed by atoms with Gasteiger partial charge in [0.25, 0.3) is 0 Å². The SMILES string of the molecule is C#CC(N)c1nccc2ccccc12. The van der Waals surface area contributed by atoms with Crippen LogP contribution in [0.5, 0.6) is 0 Å². The number of fused-ring (bicyclic) bond motifs is 1. The topological polar surface area (TPSA) is 38.9 Å². The molecule has 2 rings (SSSR count). The van der Waals surface area contributed by atoms with E-state index >= 15 is 0 Å². The molecule has 0 aliphatic carbocycles. The first-order valence-electron chi connectivity index (χ1n) is 4.38.